The average Bonchev–Trinajstić information content (AvgIpc) is 2.74. The highest BCUT2D eigenvalue weighted by Gasteiger charge is 2.27. The van der Waals surface area contributed by atoms with Crippen LogP contribution in [0.25, 0.3) is 0 Å². The Morgan fingerprint density at radius 3 is 2.76 bits per heavy atom. The Morgan fingerprint density at radius 1 is 1.29 bits per heavy atom. The van der Waals surface area contributed by atoms with Gasteiger partial charge in [0, 0.05) is 5.71 Å². The van der Waals surface area contributed by atoms with Gasteiger partial charge in [0.1, 0.15) is 0 Å². The van der Waals surface area contributed by atoms with Gasteiger partial charge in [-0.3, -0.25) is 4.99 Å². The molecule has 0 aromatic heterocycles. The molecule has 2 rings (SSSR count). The quantitative estimate of drug-likeness (QED) is 0.677. The smallest absolute Gasteiger partial charge is 0.0766 e. The van der Waals surface area contributed by atoms with E-state index in [9.17, 15) is 0 Å². The number of aliphatic imine (C=N–C) groups is 1. The molecule has 0 bridgehead atoms. The summed E-state index contributed by atoms with van der Waals surface area (Å²) in [4.78, 5) is 4.89. The van der Waals surface area contributed by atoms with Gasteiger partial charge in [0.2, 0.25) is 0 Å². The van der Waals surface area contributed by atoms with E-state index in [0.717, 1.165) is 19.3 Å². The fraction of sp³-hybridized carbons (Fsp3) is 0.438. The summed E-state index contributed by atoms with van der Waals surface area (Å²) in [5.41, 5.74) is 2.56. The standard InChI is InChI=1S/C16H21N/c1-3-4-8-12-16(2)13-11-15(17-16)14-9-6-5-7-10-14/h5-10,12H,3-4,11,13H2,1-2H3/b12-8+. The molecule has 1 aromatic rings. The fourth-order valence-electron chi connectivity index (χ4n) is 2.26. The summed E-state index contributed by atoms with van der Waals surface area (Å²) in [5, 5.41) is 0. The largest absolute Gasteiger partial charge is 0.279 e. The predicted octanol–water partition coefficient (Wildman–Crippen LogP) is 4.38. The van der Waals surface area contributed by atoms with Gasteiger partial charge < -0.3 is 0 Å². The molecule has 17 heavy (non-hydrogen) atoms. The van der Waals surface area contributed by atoms with Crippen molar-refractivity contribution in [3.8, 4) is 0 Å². The predicted molar refractivity (Wildman–Crippen MR) is 74.7 cm³/mol. The molecule has 0 N–H and O–H groups in total. The Hall–Kier alpha value is -1.37. The van der Waals surface area contributed by atoms with Crippen LogP contribution in [-0.2, 0) is 0 Å². The Bertz CT molecular complexity index is 416. The van der Waals surface area contributed by atoms with Crippen molar-refractivity contribution in [2.45, 2.75) is 45.1 Å². The van der Waals surface area contributed by atoms with Crippen molar-refractivity contribution in [2.75, 3.05) is 0 Å². The molecule has 0 amide bonds. The van der Waals surface area contributed by atoms with E-state index in [1.165, 1.54) is 17.7 Å². The van der Waals surface area contributed by atoms with Crippen molar-refractivity contribution in [1.29, 1.82) is 0 Å². The first-order valence-corrected chi connectivity index (χ1v) is 6.55. The van der Waals surface area contributed by atoms with Gasteiger partial charge in [0.15, 0.2) is 0 Å². The van der Waals surface area contributed by atoms with Crippen molar-refractivity contribution in [2.24, 2.45) is 4.99 Å². The van der Waals surface area contributed by atoms with Gasteiger partial charge in [-0.25, -0.2) is 0 Å². The van der Waals surface area contributed by atoms with Gasteiger partial charge in [-0.15, -0.1) is 0 Å². The minimum absolute atomic E-state index is 0.0281. The molecule has 0 fully saturated rings. The highest BCUT2D eigenvalue weighted by Crippen LogP contribution is 2.29. The molecule has 0 saturated heterocycles. The molecule has 0 spiro atoms. The minimum atomic E-state index is 0.0281. The maximum atomic E-state index is 4.89. The molecule has 0 saturated carbocycles. The highest BCUT2D eigenvalue weighted by molar-refractivity contribution is 6.02. The zero-order valence-corrected chi connectivity index (χ0v) is 10.8. The van der Waals surface area contributed by atoms with Crippen LogP contribution < -0.4 is 0 Å². The first kappa shape index (κ1) is 12.1. The maximum absolute atomic E-state index is 4.89. The SMILES string of the molecule is CCC/C=C/C1(C)CCC(c2ccccc2)=N1. The number of unbranched alkanes of at least 4 members (excludes halogenated alkanes) is 1. The van der Waals surface area contributed by atoms with Gasteiger partial charge in [0.25, 0.3) is 0 Å². The highest BCUT2D eigenvalue weighted by atomic mass is 14.9. The summed E-state index contributed by atoms with van der Waals surface area (Å²) in [5.74, 6) is 0. The lowest BCUT2D eigenvalue weighted by molar-refractivity contribution is 0.584. The molecule has 90 valence electrons. The van der Waals surface area contributed by atoms with E-state index in [1.54, 1.807) is 0 Å². The minimum Gasteiger partial charge on any atom is -0.279 e. The van der Waals surface area contributed by atoms with Crippen LogP contribution in [0.5, 0.6) is 0 Å². The first-order valence-electron chi connectivity index (χ1n) is 6.55. The van der Waals surface area contributed by atoms with E-state index in [4.69, 9.17) is 4.99 Å². The average molecular weight is 227 g/mol. The molecule has 1 nitrogen and oxygen atoms in total. The second kappa shape index (κ2) is 5.31. The van der Waals surface area contributed by atoms with Crippen LogP contribution in [0.3, 0.4) is 0 Å². The van der Waals surface area contributed by atoms with Crippen molar-refractivity contribution < 1.29 is 0 Å². The van der Waals surface area contributed by atoms with Crippen LogP contribution >= 0.6 is 0 Å². The van der Waals surface area contributed by atoms with Gasteiger partial charge in [0.05, 0.1) is 5.54 Å². The Balaban J connectivity index is 2.13. The summed E-state index contributed by atoms with van der Waals surface area (Å²) in [7, 11) is 0. The molecule has 1 aliphatic rings. The summed E-state index contributed by atoms with van der Waals surface area (Å²) in [6.45, 7) is 4.44. The maximum Gasteiger partial charge on any atom is 0.0766 e. The number of allylic oxidation sites excluding steroid dienone is 1. The van der Waals surface area contributed by atoms with E-state index >= 15 is 0 Å². The van der Waals surface area contributed by atoms with Crippen LogP contribution in [0.4, 0.5) is 0 Å². The zero-order chi connectivity index (χ0) is 12.1. The lowest BCUT2D eigenvalue weighted by atomic mass is 9.98. The Morgan fingerprint density at radius 2 is 2.06 bits per heavy atom. The molecule has 1 unspecified atom stereocenters. The van der Waals surface area contributed by atoms with Gasteiger partial charge in [-0.1, -0.05) is 55.8 Å². The van der Waals surface area contributed by atoms with Crippen molar-refractivity contribution in [3.05, 3.63) is 48.0 Å². The molecule has 1 heterocycles. The third-order valence-electron chi connectivity index (χ3n) is 3.30. The van der Waals surface area contributed by atoms with Crippen molar-refractivity contribution in [3.63, 3.8) is 0 Å². The van der Waals surface area contributed by atoms with Crippen LogP contribution in [0.2, 0.25) is 0 Å². The monoisotopic (exact) mass is 227 g/mol. The van der Waals surface area contributed by atoms with E-state index in [-0.39, 0.29) is 5.54 Å². The van der Waals surface area contributed by atoms with E-state index in [1.807, 2.05) is 0 Å². The Kier molecular flexibility index (Phi) is 3.78. The molecule has 0 aliphatic carbocycles. The molecule has 1 heteroatoms. The van der Waals surface area contributed by atoms with E-state index in [2.05, 4.69) is 56.3 Å². The number of hydrogen-bond donors (Lipinski definition) is 0. The lowest BCUT2D eigenvalue weighted by Crippen LogP contribution is -2.13. The zero-order valence-electron chi connectivity index (χ0n) is 10.8. The number of nitrogens with zero attached hydrogens (tertiary/aromatic N) is 1. The first-order chi connectivity index (χ1) is 8.23. The summed E-state index contributed by atoms with van der Waals surface area (Å²) < 4.78 is 0. The van der Waals surface area contributed by atoms with E-state index < -0.39 is 0 Å². The Labute approximate surface area is 104 Å². The third kappa shape index (κ3) is 3.06. The summed E-state index contributed by atoms with van der Waals surface area (Å²) in [6.07, 6.45) is 9.16. The van der Waals surface area contributed by atoms with E-state index in [0.29, 0.717) is 0 Å². The van der Waals surface area contributed by atoms with Gasteiger partial charge in [-0.2, -0.15) is 0 Å². The molecule has 0 radical (unpaired) electrons. The number of benzene rings is 1. The molecular weight excluding hydrogens is 206 g/mol. The van der Waals surface area contributed by atoms with Gasteiger partial charge >= 0.3 is 0 Å². The number of rotatable bonds is 4. The van der Waals surface area contributed by atoms with Crippen molar-refractivity contribution >= 4 is 5.71 Å². The third-order valence-corrected chi connectivity index (χ3v) is 3.30. The normalized spacial score (nSPS) is 24.2. The summed E-state index contributed by atoms with van der Waals surface area (Å²) in [6, 6.07) is 10.5. The lowest BCUT2D eigenvalue weighted by Gasteiger charge is -2.14. The van der Waals surface area contributed by atoms with Crippen LogP contribution in [0.15, 0.2) is 47.5 Å². The van der Waals surface area contributed by atoms with Crippen LogP contribution in [0.1, 0.15) is 45.1 Å². The van der Waals surface area contributed by atoms with Gasteiger partial charge in [-0.05, 0) is 31.7 Å². The fourth-order valence-corrected chi connectivity index (χ4v) is 2.26. The topological polar surface area (TPSA) is 12.4 Å². The van der Waals surface area contributed by atoms with Crippen LogP contribution in [-0.4, -0.2) is 11.3 Å². The molecule has 1 aromatic carbocycles. The summed E-state index contributed by atoms with van der Waals surface area (Å²) >= 11 is 0. The van der Waals surface area contributed by atoms with Crippen molar-refractivity contribution in [1.82, 2.24) is 0 Å². The second-order valence-corrected chi connectivity index (χ2v) is 4.97. The number of hydrogen-bond acceptors (Lipinski definition) is 1. The molecular formula is C16H21N. The second-order valence-electron chi connectivity index (χ2n) is 4.97. The molecule has 1 atom stereocenters. The van der Waals surface area contributed by atoms with Crippen LogP contribution in [0, 0.1) is 0 Å². The molecule has 1 aliphatic heterocycles.